The zero-order valence-corrected chi connectivity index (χ0v) is 12.4. The fraction of sp³-hybridized carbons (Fsp3) is 0.467. The summed E-state index contributed by atoms with van der Waals surface area (Å²) in [4.78, 5) is 18.1. The quantitative estimate of drug-likeness (QED) is 0.855. The summed E-state index contributed by atoms with van der Waals surface area (Å²) in [5.74, 6) is 0. The van der Waals surface area contributed by atoms with Gasteiger partial charge >= 0.3 is 6.09 Å². The normalized spacial score (nSPS) is 15.2. The third-order valence-electron chi connectivity index (χ3n) is 2.94. The lowest BCUT2D eigenvalue weighted by Gasteiger charge is -2.24. The van der Waals surface area contributed by atoms with Gasteiger partial charge in [0.15, 0.2) is 0 Å². The lowest BCUT2D eigenvalue weighted by atomic mass is 10.1. The Labute approximate surface area is 119 Å². The van der Waals surface area contributed by atoms with Crippen molar-refractivity contribution < 1.29 is 9.53 Å². The first kappa shape index (κ1) is 14.4. The van der Waals surface area contributed by atoms with Gasteiger partial charge in [0.1, 0.15) is 5.60 Å². The minimum absolute atomic E-state index is 0.310. The zero-order valence-electron chi connectivity index (χ0n) is 12.4. The Kier molecular flexibility index (Phi) is 3.70. The molecule has 1 aromatic rings. The molecule has 1 aromatic heterocycles. The molecule has 0 fully saturated rings. The van der Waals surface area contributed by atoms with Gasteiger partial charge in [0.2, 0.25) is 0 Å². The molecular formula is C15H21N3O2. The number of pyridine rings is 1. The van der Waals surface area contributed by atoms with E-state index in [2.05, 4.69) is 4.98 Å². The molecule has 0 saturated heterocycles. The molecule has 1 aliphatic heterocycles. The Morgan fingerprint density at radius 1 is 1.40 bits per heavy atom. The van der Waals surface area contributed by atoms with Crippen LogP contribution in [-0.2, 0) is 4.74 Å². The number of carbonyl (C=O) groups excluding carboxylic acids is 1. The molecule has 0 aliphatic carbocycles. The van der Waals surface area contributed by atoms with Crippen molar-refractivity contribution in [2.24, 2.45) is 0 Å². The number of nitrogens with two attached hydrogens (primary N) is 1. The molecule has 2 rings (SSSR count). The van der Waals surface area contributed by atoms with E-state index in [0.29, 0.717) is 18.8 Å². The molecule has 108 valence electrons. The number of rotatable bonds is 1. The predicted octanol–water partition coefficient (Wildman–Crippen LogP) is 2.61. The van der Waals surface area contributed by atoms with Gasteiger partial charge in [-0.3, -0.25) is 4.98 Å². The van der Waals surface area contributed by atoms with E-state index in [-0.39, 0.29) is 6.09 Å². The molecule has 0 bridgehead atoms. The van der Waals surface area contributed by atoms with E-state index in [1.165, 1.54) is 0 Å². The summed E-state index contributed by atoms with van der Waals surface area (Å²) in [5.41, 5.74) is 8.74. The maximum absolute atomic E-state index is 12.0. The van der Waals surface area contributed by atoms with Crippen molar-refractivity contribution in [3.63, 3.8) is 0 Å². The summed E-state index contributed by atoms with van der Waals surface area (Å²) in [6, 6.07) is 3.72. The highest BCUT2D eigenvalue weighted by Crippen LogP contribution is 2.25. The number of aryl methyl sites for hydroxylation is 1. The van der Waals surface area contributed by atoms with Crippen LogP contribution < -0.4 is 5.73 Å². The third kappa shape index (κ3) is 3.29. The van der Waals surface area contributed by atoms with E-state index in [4.69, 9.17) is 10.5 Å². The second-order valence-electron chi connectivity index (χ2n) is 5.98. The summed E-state index contributed by atoms with van der Waals surface area (Å²) in [5, 5.41) is 0. The topological polar surface area (TPSA) is 68.5 Å². The number of nitrogen functional groups attached to an aromatic ring is 1. The van der Waals surface area contributed by atoms with Crippen LogP contribution >= 0.6 is 0 Å². The number of carbonyl (C=O) groups is 1. The van der Waals surface area contributed by atoms with E-state index in [0.717, 1.165) is 17.0 Å². The molecule has 0 atom stereocenters. The Balaban J connectivity index is 2.09. The number of hydrogen-bond acceptors (Lipinski definition) is 4. The van der Waals surface area contributed by atoms with Gasteiger partial charge < -0.3 is 15.4 Å². The van der Waals surface area contributed by atoms with Crippen molar-refractivity contribution in [2.45, 2.75) is 33.3 Å². The van der Waals surface area contributed by atoms with Crippen LogP contribution in [0, 0.1) is 6.92 Å². The second kappa shape index (κ2) is 5.15. The van der Waals surface area contributed by atoms with Gasteiger partial charge in [-0.25, -0.2) is 4.79 Å². The first-order valence-corrected chi connectivity index (χ1v) is 6.67. The fourth-order valence-electron chi connectivity index (χ4n) is 2.02. The Morgan fingerprint density at radius 3 is 2.75 bits per heavy atom. The summed E-state index contributed by atoms with van der Waals surface area (Å²) in [6.45, 7) is 8.50. The lowest BCUT2D eigenvalue weighted by molar-refractivity contribution is 0.0306. The number of ether oxygens (including phenoxy) is 1. The van der Waals surface area contributed by atoms with E-state index >= 15 is 0 Å². The number of aromatic nitrogens is 1. The molecule has 0 aromatic carbocycles. The van der Waals surface area contributed by atoms with Crippen molar-refractivity contribution >= 4 is 17.4 Å². The second-order valence-corrected chi connectivity index (χ2v) is 5.98. The monoisotopic (exact) mass is 275 g/mol. The highest BCUT2D eigenvalue weighted by molar-refractivity contribution is 5.80. The molecule has 5 nitrogen and oxygen atoms in total. The van der Waals surface area contributed by atoms with Crippen LogP contribution in [0.5, 0.6) is 0 Å². The molecule has 0 radical (unpaired) electrons. The molecule has 1 aliphatic rings. The molecule has 0 spiro atoms. The predicted molar refractivity (Wildman–Crippen MR) is 79.2 cm³/mol. The van der Waals surface area contributed by atoms with Gasteiger partial charge in [-0.15, -0.1) is 0 Å². The van der Waals surface area contributed by atoms with Gasteiger partial charge in [-0.2, -0.15) is 0 Å². The van der Waals surface area contributed by atoms with Crippen LogP contribution in [0.1, 0.15) is 32.2 Å². The van der Waals surface area contributed by atoms with Gasteiger partial charge in [-0.1, -0.05) is 6.08 Å². The van der Waals surface area contributed by atoms with Crippen molar-refractivity contribution in [3.05, 3.63) is 29.6 Å². The number of anilines is 1. The minimum Gasteiger partial charge on any atom is -0.444 e. The molecule has 2 heterocycles. The Hall–Kier alpha value is -2.04. The zero-order chi connectivity index (χ0) is 14.9. The van der Waals surface area contributed by atoms with Crippen molar-refractivity contribution in [1.29, 1.82) is 0 Å². The highest BCUT2D eigenvalue weighted by atomic mass is 16.6. The highest BCUT2D eigenvalue weighted by Gasteiger charge is 2.26. The fourth-order valence-corrected chi connectivity index (χ4v) is 2.02. The number of amides is 1. The smallest absolute Gasteiger partial charge is 0.410 e. The summed E-state index contributed by atoms with van der Waals surface area (Å²) >= 11 is 0. The van der Waals surface area contributed by atoms with E-state index in [1.54, 1.807) is 4.90 Å². The molecule has 0 saturated carbocycles. The Bertz CT molecular complexity index is 559. The molecular weight excluding hydrogens is 254 g/mol. The summed E-state index contributed by atoms with van der Waals surface area (Å²) < 4.78 is 5.36. The first-order valence-electron chi connectivity index (χ1n) is 6.67. The van der Waals surface area contributed by atoms with E-state index in [9.17, 15) is 4.79 Å². The van der Waals surface area contributed by atoms with E-state index < -0.39 is 5.60 Å². The van der Waals surface area contributed by atoms with Gasteiger partial charge in [0.25, 0.3) is 0 Å². The van der Waals surface area contributed by atoms with Gasteiger partial charge in [-0.05, 0) is 45.4 Å². The van der Waals surface area contributed by atoms with Crippen LogP contribution in [0.2, 0.25) is 0 Å². The molecule has 20 heavy (non-hydrogen) atoms. The van der Waals surface area contributed by atoms with Crippen LogP contribution in [0.15, 0.2) is 18.2 Å². The molecule has 0 unspecified atom stereocenters. The lowest BCUT2D eigenvalue weighted by Crippen LogP contribution is -2.35. The van der Waals surface area contributed by atoms with Gasteiger partial charge in [0, 0.05) is 12.2 Å². The average Bonchev–Trinajstić information content (AvgIpc) is 2.79. The largest absolute Gasteiger partial charge is 0.444 e. The average molecular weight is 275 g/mol. The van der Waals surface area contributed by atoms with E-state index in [1.807, 2.05) is 45.9 Å². The van der Waals surface area contributed by atoms with Crippen LogP contribution in [0.25, 0.3) is 5.57 Å². The Morgan fingerprint density at radius 2 is 2.10 bits per heavy atom. The first-order chi connectivity index (χ1) is 9.26. The maximum atomic E-state index is 12.0. The van der Waals surface area contributed by atoms with Crippen LogP contribution in [0.3, 0.4) is 0 Å². The van der Waals surface area contributed by atoms with Crippen molar-refractivity contribution in [3.8, 4) is 0 Å². The van der Waals surface area contributed by atoms with Crippen molar-refractivity contribution in [1.82, 2.24) is 9.88 Å². The maximum Gasteiger partial charge on any atom is 0.410 e. The molecule has 5 heteroatoms. The molecule has 1 amide bonds. The number of hydrogen-bond donors (Lipinski definition) is 1. The van der Waals surface area contributed by atoms with Crippen LogP contribution in [-0.4, -0.2) is 34.7 Å². The molecule has 2 N–H and O–H groups in total. The standard InChI is InChI=1S/C15H21N3O2/c1-10-5-6-12(16)13(17-10)11-7-8-18(9-11)14(19)20-15(2,3)4/h5-7H,8-9,16H2,1-4H3. The summed E-state index contributed by atoms with van der Waals surface area (Å²) in [6.07, 6.45) is 1.66. The van der Waals surface area contributed by atoms with Gasteiger partial charge in [0.05, 0.1) is 17.9 Å². The van der Waals surface area contributed by atoms with Crippen molar-refractivity contribution in [2.75, 3.05) is 18.8 Å². The SMILES string of the molecule is Cc1ccc(N)c(C2=CCN(C(=O)OC(C)(C)C)C2)n1. The number of nitrogens with zero attached hydrogens (tertiary/aromatic N) is 2. The van der Waals surface area contributed by atoms with Crippen LogP contribution in [0.4, 0.5) is 10.5 Å². The third-order valence-corrected chi connectivity index (χ3v) is 2.94. The minimum atomic E-state index is -0.486. The summed E-state index contributed by atoms with van der Waals surface area (Å²) in [7, 11) is 0.